The monoisotopic (exact) mass is 579 g/mol. The van der Waals surface area contributed by atoms with Gasteiger partial charge in [-0.15, -0.1) is 0 Å². The van der Waals surface area contributed by atoms with E-state index in [1.807, 2.05) is 30.3 Å². The Morgan fingerprint density at radius 2 is 1.68 bits per heavy atom. The van der Waals surface area contributed by atoms with Crippen LogP contribution < -0.4 is 31.2 Å². The quantitative estimate of drug-likeness (QED) is 0.255. The van der Waals surface area contributed by atoms with Crippen LogP contribution in [0.5, 0.6) is 11.5 Å². The van der Waals surface area contributed by atoms with Crippen molar-refractivity contribution >= 4 is 52.2 Å². The molecule has 0 aliphatic carbocycles. The molecular formula is C28H26ClN5O5S. The molecule has 206 valence electrons. The highest BCUT2D eigenvalue weighted by atomic mass is 35.5. The normalized spacial score (nSPS) is 11.4. The molecule has 1 aromatic heterocycles. The van der Waals surface area contributed by atoms with Crippen molar-refractivity contribution in [3.05, 3.63) is 99.5 Å². The van der Waals surface area contributed by atoms with Crippen LogP contribution in [0.15, 0.2) is 72.8 Å². The standard InChI is InChI=1S/C28H26ClN5O5S/c1-38-20-13-12-17(14-21(20)39-2)24(27(36)32-15-16-8-4-3-5-9-16)34(19-11-7-6-10-18(19)29)28(37)25-22(30)23(26(31)35)33-40-25/h3-14,24H,15,30H2,1-2H3,(H2,31,35)(H,32,36). The Morgan fingerprint density at radius 3 is 2.30 bits per heavy atom. The van der Waals surface area contributed by atoms with Crippen LogP contribution in [0.1, 0.15) is 37.3 Å². The van der Waals surface area contributed by atoms with Gasteiger partial charge in [0.05, 0.1) is 30.6 Å². The lowest BCUT2D eigenvalue weighted by atomic mass is 10.0. The number of nitrogens with zero attached hydrogens (tertiary/aromatic N) is 2. The van der Waals surface area contributed by atoms with Crippen LogP contribution in [-0.2, 0) is 11.3 Å². The highest BCUT2D eigenvalue weighted by molar-refractivity contribution is 7.09. The fourth-order valence-electron chi connectivity index (χ4n) is 4.07. The molecule has 12 heteroatoms. The number of nitrogens with two attached hydrogens (primary N) is 2. The number of ether oxygens (including phenoxy) is 2. The maximum atomic E-state index is 14.2. The van der Waals surface area contributed by atoms with Gasteiger partial charge in [0.15, 0.2) is 17.2 Å². The van der Waals surface area contributed by atoms with Gasteiger partial charge in [-0.2, -0.15) is 4.37 Å². The molecule has 1 unspecified atom stereocenters. The van der Waals surface area contributed by atoms with E-state index >= 15 is 0 Å². The van der Waals surface area contributed by atoms with Crippen molar-refractivity contribution in [2.75, 3.05) is 24.9 Å². The summed E-state index contributed by atoms with van der Waals surface area (Å²) < 4.78 is 14.8. The topological polar surface area (TPSA) is 150 Å². The third-order valence-corrected chi connectivity index (χ3v) is 7.20. The second kappa shape index (κ2) is 12.5. The third-order valence-electron chi connectivity index (χ3n) is 6.03. The summed E-state index contributed by atoms with van der Waals surface area (Å²) in [5.74, 6) is -1.31. The largest absolute Gasteiger partial charge is 0.493 e. The van der Waals surface area contributed by atoms with Gasteiger partial charge in [0.2, 0.25) is 5.91 Å². The van der Waals surface area contributed by atoms with E-state index in [0.717, 1.165) is 5.56 Å². The number of carbonyl (C=O) groups excluding carboxylic acids is 3. The predicted octanol–water partition coefficient (Wildman–Crippen LogP) is 4.20. The number of benzene rings is 3. The summed E-state index contributed by atoms with van der Waals surface area (Å²) in [5.41, 5.74) is 12.6. The summed E-state index contributed by atoms with van der Waals surface area (Å²) in [4.78, 5) is 41.2. The van der Waals surface area contributed by atoms with Crippen LogP contribution in [0.25, 0.3) is 0 Å². The third kappa shape index (κ3) is 5.85. The summed E-state index contributed by atoms with van der Waals surface area (Å²) in [7, 11) is 2.95. The lowest BCUT2D eigenvalue weighted by molar-refractivity contribution is -0.122. The van der Waals surface area contributed by atoms with Crippen LogP contribution >= 0.6 is 23.1 Å². The van der Waals surface area contributed by atoms with Gasteiger partial charge < -0.3 is 26.3 Å². The minimum atomic E-state index is -1.26. The fraction of sp³-hybridized carbons (Fsp3) is 0.143. The lowest BCUT2D eigenvalue weighted by Gasteiger charge is -2.32. The summed E-state index contributed by atoms with van der Waals surface area (Å²) in [6, 6.07) is 19.5. The number of methoxy groups -OCH3 is 2. The van der Waals surface area contributed by atoms with Gasteiger partial charge in [-0.1, -0.05) is 60.1 Å². The van der Waals surface area contributed by atoms with Crippen LogP contribution in [0.4, 0.5) is 11.4 Å². The number of halogens is 1. The number of anilines is 2. The van der Waals surface area contributed by atoms with Crippen molar-refractivity contribution in [2.45, 2.75) is 12.6 Å². The van der Waals surface area contributed by atoms with E-state index in [-0.39, 0.29) is 33.5 Å². The van der Waals surface area contributed by atoms with Gasteiger partial charge in [0, 0.05) is 6.54 Å². The molecule has 0 radical (unpaired) electrons. The smallest absolute Gasteiger partial charge is 0.273 e. The summed E-state index contributed by atoms with van der Waals surface area (Å²) >= 11 is 7.28. The van der Waals surface area contributed by atoms with E-state index in [1.165, 1.54) is 19.1 Å². The van der Waals surface area contributed by atoms with Crippen LogP contribution in [-0.4, -0.2) is 36.3 Å². The average molecular weight is 580 g/mol. The van der Waals surface area contributed by atoms with Gasteiger partial charge in [0.25, 0.3) is 11.8 Å². The number of hydrogen-bond acceptors (Lipinski definition) is 8. The zero-order valence-corrected chi connectivity index (χ0v) is 23.2. The number of nitrogen functional groups attached to an aromatic ring is 1. The Kier molecular flexibility index (Phi) is 8.87. The molecule has 4 aromatic rings. The highest BCUT2D eigenvalue weighted by Gasteiger charge is 2.37. The zero-order chi connectivity index (χ0) is 28.8. The molecule has 4 rings (SSSR count). The van der Waals surface area contributed by atoms with Crippen molar-refractivity contribution in [1.29, 1.82) is 0 Å². The number of carbonyl (C=O) groups is 3. The molecule has 5 N–H and O–H groups in total. The number of aromatic nitrogens is 1. The van der Waals surface area contributed by atoms with Gasteiger partial charge in [-0.25, -0.2) is 0 Å². The number of para-hydroxylation sites is 1. The van der Waals surface area contributed by atoms with E-state index in [9.17, 15) is 14.4 Å². The maximum absolute atomic E-state index is 14.2. The minimum Gasteiger partial charge on any atom is -0.493 e. The zero-order valence-electron chi connectivity index (χ0n) is 21.6. The van der Waals surface area contributed by atoms with Crippen molar-refractivity contribution in [3.63, 3.8) is 0 Å². The Labute approximate surface area is 239 Å². The Balaban J connectivity index is 1.89. The van der Waals surface area contributed by atoms with Gasteiger partial charge >= 0.3 is 0 Å². The molecule has 0 fully saturated rings. The molecule has 1 heterocycles. The van der Waals surface area contributed by atoms with E-state index in [4.69, 9.17) is 32.5 Å². The fourth-order valence-corrected chi connectivity index (χ4v) is 5.04. The molecular weight excluding hydrogens is 554 g/mol. The van der Waals surface area contributed by atoms with Crippen LogP contribution in [0, 0.1) is 0 Å². The second-order valence-corrected chi connectivity index (χ2v) is 9.67. The Bertz CT molecular complexity index is 1550. The first-order valence-corrected chi connectivity index (χ1v) is 13.1. The van der Waals surface area contributed by atoms with Crippen molar-refractivity contribution in [1.82, 2.24) is 9.69 Å². The first-order valence-electron chi connectivity index (χ1n) is 11.9. The number of amides is 3. The van der Waals surface area contributed by atoms with Gasteiger partial charge in [-0.3, -0.25) is 19.3 Å². The average Bonchev–Trinajstić information content (AvgIpc) is 3.36. The molecule has 0 aliphatic heterocycles. The van der Waals surface area contributed by atoms with Crippen LogP contribution in [0.2, 0.25) is 5.02 Å². The van der Waals surface area contributed by atoms with Crippen molar-refractivity contribution < 1.29 is 23.9 Å². The molecule has 1 atom stereocenters. The second-order valence-electron chi connectivity index (χ2n) is 8.49. The van der Waals surface area contributed by atoms with E-state index in [2.05, 4.69) is 9.69 Å². The molecule has 0 spiro atoms. The van der Waals surface area contributed by atoms with E-state index in [1.54, 1.807) is 42.5 Å². The Hall–Kier alpha value is -4.61. The molecule has 0 saturated heterocycles. The summed E-state index contributed by atoms with van der Waals surface area (Å²) in [6.07, 6.45) is 0. The predicted molar refractivity (Wildman–Crippen MR) is 154 cm³/mol. The van der Waals surface area contributed by atoms with E-state index < -0.39 is 23.8 Å². The molecule has 3 amide bonds. The molecule has 0 aliphatic rings. The molecule has 10 nitrogen and oxygen atoms in total. The summed E-state index contributed by atoms with van der Waals surface area (Å²) in [6.45, 7) is 0.197. The van der Waals surface area contributed by atoms with Crippen molar-refractivity contribution in [2.24, 2.45) is 5.73 Å². The summed E-state index contributed by atoms with van der Waals surface area (Å²) in [5, 5.41) is 3.12. The highest BCUT2D eigenvalue weighted by Crippen LogP contribution is 2.39. The number of hydrogen-bond donors (Lipinski definition) is 3. The first kappa shape index (κ1) is 28.4. The van der Waals surface area contributed by atoms with Gasteiger partial charge in [0.1, 0.15) is 10.9 Å². The number of nitrogens with one attached hydrogen (secondary N) is 1. The Morgan fingerprint density at radius 1 is 1.00 bits per heavy atom. The van der Waals surface area contributed by atoms with Crippen LogP contribution in [0.3, 0.4) is 0 Å². The van der Waals surface area contributed by atoms with Gasteiger partial charge in [-0.05, 0) is 46.9 Å². The van der Waals surface area contributed by atoms with E-state index in [0.29, 0.717) is 28.6 Å². The minimum absolute atomic E-state index is 0.0740. The molecule has 0 bridgehead atoms. The SMILES string of the molecule is COc1ccc(C(C(=O)NCc2ccccc2)N(C(=O)c2snc(C(N)=O)c2N)c2ccccc2Cl)cc1OC. The first-order chi connectivity index (χ1) is 19.3. The molecule has 40 heavy (non-hydrogen) atoms. The van der Waals surface area contributed by atoms with Crippen molar-refractivity contribution in [3.8, 4) is 11.5 Å². The number of primary amides is 1. The lowest BCUT2D eigenvalue weighted by Crippen LogP contribution is -2.44. The number of rotatable bonds is 10. The molecule has 0 saturated carbocycles. The maximum Gasteiger partial charge on any atom is 0.273 e. The molecule has 3 aromatic carbocycles.